The number of carbonyl (C=O) groups is 1. The van der Waals surface area contributed by atoms with Crippen LogP contribution in [0.2, 0.25) is 0 Å². The van der Waals surface area contributed by atoms with Crippen LogP contribution in [-0.2, 0) is 12.2 Å². The van der Waals surface area contributed by atoms with Gasteiger partial charge in [0.1, 0.15) is 0 Å². The molecule has 1 aromatic rings. The first-order valence-electron chi connectivity index (χ1n) is 5.73. The number of alkyl halides is 1. The summed E-state index contributed by atoms with van der Waals surface area (Å²) >= 11 is 7.04. The number of carbonyl (C=O) groups excluding carboxylic acids is 1. The second-order valence-electron chi connectivity index (χ2n) is 4.13. The van der Waals surface area contributed by atoms with Crippen LogP contribution >= 0.6 is 39.0 Å². The SMILES string of the molecule is CN(CCCBr)C(=O)c1cc2c(s1)CCSC2. The number of amides is 1. The predicted molar refractivity (Wildman–Crippen MR) is 79.6 cm³/mol. The van der Waals surface area contributed by atoms with Crippen molar-refractivity contribution in [1.82, 2.24) is 4.90 Å². The molecule has 0 unspecified atom stereocenters. The van der Waals surface area contributed by atoms with Crippen molar-refractivity contribution < 1.29 is 4.79 Å². The van der Waals surface area contributed by atoms with Crippen molar-refractivity contribution in [2.24, 2.45) is 0 Å². The van der Waals surface area contributed by atoms with Gasteiger partial charge in [-0.05, 0) is 30.2 Å². The van der Waals surface area contributed by atoms with E-state index in [0.29, 0.717) is 0 Å². The Balaban J connectivity index is 2.06. The number of nitrogens with zero attached hydrogens (tertiary/aromatic N) is 1. The van der Waals surface area contributed by atoms with Crippen LogP contribution < -0.4 is 0 Å². The van der Waals surface area contributed by atoms with Gasteiger partial charge in [-0.1, -0.05) is 15.9 Å². The quantitative estimate of drug-likeness (QED) is 0.787. The van der Waals surface area contributed by atoms with Crippen molar-refractivity contribution in [2.45, 2.75) is 18.6 Å². The third-order valence-corrected chi connectivity index (χ3v) is 5.61. The van der Waals surface area contributed by atoms with Crippen molar-refractivity contribution in [2.75, 3.05) is 24.7 Å². The average molecular weight is 334 g/mol. The fraction of sp³-hybridized carbons (Fsp3) is 0.583. The number of thiophene rings is 1. The molecule has 0 aliphatic carbocycles. The summed E-state index contributed by atoms with van der Waals surface area (Å²) in [5.41, 5.74) is 1.38. The molecular formula is C12H16BrNOS2. The highest BCUT2D eigenvalue weighted by Crippen LogP contribution is 2.32. The Morgan fingerprint density at radius 2 is 2.41 bits per heavy atom. The van der Waals surface area contributed by atoms with E-state index in [-0.39, 0.29) is 5.91 Å². The van der Waals surface area contributed by atoms with Crippen molar-refractivity contribution in [1.29, 1.82) is 0 Å². The van der Waals surface area contributed by atoms with E-state index >= 15 is 0 Å². The van der Waals surface area contributed by atoms with Crippen LogP contribution in [0.25, 0.3) is 0 Å². The lowest BCUT2D eigenvalue weighted by molar-refractivity contribution is 0.0800. The predicted octanol–water partition coefficient (Wildman–Crippen LogP) is 3.39. The molecule has 1 aliphatic heterocycles. The topological polar surface area (TPSA) is 20.3 Å². The highest BCUT2D eigenvalue weighted by Gasteiger charge is 2.19. The van der Waals surface area contributed by atoms with Gasteiger partial charge in [-0.15, -0.1) is 11.3 Å². The monoisotopic (exact) mass is 333 g/mol. The van der Waals surface area contributed by atoms with Crippen LogP contribution in [0.5, 0.6) is 0 Å². The molecule has 17 heavy (non-hydrogen) atoms. The molecule has 0 saturated carbocycles. The van der Waals surface area contributed by atoms with Crippen LogP contribution in [0.1, 0.15) is 26.5 Å². The molecular weight excluding hydrogens is 318 g/mol. The first-order chi connectivity index (χ1) is 8.22. The van der Waals surface area contributed by atoms with Gasteiger partial charge < -0.3 is 4.90 Å². The van der Waals surface area contributed by atoms with Crippen LogP contribution in [0, 0.1) is 0 Å². The van der Waals surface area contributed by atoms with Gasteiger partial charge in [0.15, 0.2) is 0 Å². The maximum Gasteiger partial charge on any atom is 0.263 e. The largest absolute Gasteiger partial charge is 0.341 e. The zero-order valence-electron chi connectivity index (χ0n) is 9.87. The summed E-state index contributed by atoms with van der Waals surface area (Å²) in [6.45, 7) is 0.821. The standard InChI is InChI=1S/C12H16BrNOS2/c1-14(5-2-4-13)12(15)11-7-9-8-16-6-3-10(9)17-11/h7H,2-6,8H2,1H3. The number of rotatable bonds is 4. The fourth-order valence-corrected chi connectivity index (χ4v) is 4.46. The van der Waals surface area contributed by atoms with Gasteiger partial charge in [-0.25, -0.2) is 0 Å². The maximum absolute atomic E-state index is 12.2. The van der Waals surface area contributed by atoms with Gasteiger partial charge in [0, 0.05) is 29.6 Å². The van der Waals surface area contributed by atoms with E-state index < -0.39 is 0 Å². The summed E-state index contributed by atoms with van der Waals surface area (Å²) in [6.07, 6.45) is 2.13. The minimum atomic E-state index is 0.176. The molecule has 0 aromatic carbocycles. The molecule has 0 N–H and O–H groups in total. The Morgan fingerprint density at radius 1 is 1.59 bits per heavy atom. The summed E-state index contributed by atoms with van der Waals surface area (Å²) in [6, 6.07) is 2.10. The molecule has 1 aliphatic rings. The van der Waals surface area contributed by atoms with E-state index in [4.69, 9.17) is 0 Å². The van der Waals surface area contributed by atoms with Gasteiger partial charge in [0.05, 0.1) is 4.88 Å². The second-order valence-corrected chi connectivity index (χ2v) is 7.17. The van der Waals surface area contributed by atoms with E-state index in [0.717, 1.165) is 35.3 Å². The maximum atomic E-state index is 12.2. The summed E-state index contributed by atoms with van der Waals surface area (Å²) in [5.74, 6) is 2.44. The molecule has 0 fully saturated rings. The first-order valence-corrected chi connectivity index (χ1v) is 8.82. The summed E-state index contributed by atoms with van der Waals surface area (Å²) in [7, 11) is 1.89. The number of halogens is 1. The minimum absolute atomic E-state index is 0.176. The lowest BCUT2D eigenvalue weighted by Crippen LogP contribution is -2.27. The van der Waals surface area contributed by atoms with Gasteiger partial charge in [-0.3, -0.25) is 4.79 Å². The lowest BCUT2D eigenvalue weighted by atomic mass is 10.2. The van der Waals surface area contributed by atoms with Crippen molar-refractivity contribution in [3.63, 3.8) is 0 Å². The molecule has 0 atom stereocenters. The van der Waals surface area contributed by atoms with Crippen LogP contribution in [0.4, 0.5) is 0 Å². The van der Waals surface area contributed by atoms with Crippen LogP contribution in [0.15, 0.2) is 6.07 Å². The van der Waals surface area contributed by atoms with Crippen molar-refractivity contribution in [3.8, 4) is 0 Å². The molecule has 0 radical (unpaired) electrons. The Labute approximate surface area is 119 Å². The molecule has 2 heterocycles. The number of aryl methyl sites for hydroxylation is 1. The zero-order chi connectivity index (χ0) is 12.3. The minimum Gasteiger partial charge on any atom is -0.341 e. The van der Waals surface area contributed by atoms with E-state index in [2.05, 4.69) is 22.0 Å². The highest BCUT2D eigenvalue weighted by atomic mass is 79.9. The Morgan fingerprint density at radius 3 is 3.12 bits per heavy atom. The first kappa shape index (κ1) is 13.4. The third-order valence-electron chi connectivity index (χ3n) is 2.81. The van der Waals surface area contributed by atoms with Crippen LogP contribution in [-0.4, -0.2) is 35.5 Å². The van der Waals surface area contributed by atoms with E-state index in [1.807, 2.05) is 23.7 Å². The molecule has 5 heteroatoms. The number of fused-ring (bicyclic) bond motifs is 1. The molecule has 1 aromatic heterocycles. The van der Waals surface area contributed by atoms with Gasteiger partial charge in [0.2, 0.25) is 0 Å². The highest BCUT2D eigenvalue weighted by molar-refractivity contribution is 9.09. The number of hydrogen-bond acceptors (Lipinski definition) is 3. The average Bonchev–Trinajstić information content (AvgIpc) is 2.78. The van der Waals surface area contributed by atoms with E-state index in [1.54, 1.807) is 11.3 Å². The number of hydrogen-bond donors (Lipinski definition) is 0. The van der Waals surface area contributed by atoms with Gasteiger partial charge in [0.25, 0.3) is 5.91 Å². The number of thioether (sulfide) groups is 1. The second kappa shape index (κ2) is 6.25. The van der Waals surface area contributed by atoms with E-state index in [9.17, 15) is 4.79 Å². The molecule has 0 spiro atoms. The van der Waals surface area contributed by atoms with Crippen LogP contribution in [0.3, 0.4) is 0 Å². The Bertz CT molecular complexity index is 382. The zero-order valence-corrected chi connectivity index (χ0v) is 13.1. The van der Waals surface area contributed by atoms with E-state index in [1.165, 1.54) is 16.2 Å². The Hall–Kier alpha value is -0.000000000000000111. The van der Waals surface area contributed by atoms with Gasteiger partial charge >= 0.3 is 0 Å². The molecule has 2 rings (SSSR count). The molecule has 2 nitrogen and oxygen atoms in total. The molecule has 0 bridgehead atoms. The lowest BCUT2D eigenvalue weighted by Gasteiger charge is -2.15. The third kappa shape index (κ3) is 3.26. The molecule has 0 saturated heterocycles. The summed E-state index contributed by atoms with van der Waals surface area (Å²) in [5, 5.41) is 0.947. The van der Waals surface area contributed by atoms with Crippen molar-refractivity contribution in [3.05, 3.63) is 21.4 Å². The smallest absolute Gasteiger partial charge is 0.263 e. The fourth-order valence-electron chi connectivity index (χ4n) is 1.84. The normalized spacial score (nSPS) is 14.5. The summed E-state index contributed by atoms with van der Waals surface area (Å²) < 4.78 is 0. The molecule has 94 valence electrons. The Kier molecular flexibility index (Phi) is 4.94. The molecule has 1 amide bonds. The summed E-state index contributed by atoms with van der Waals surface area (Å²) in [4.78, 5) is 16.3. The van der Waals surface area contributed by atoms with Gasteiger partial charge in [-0.2, -0.15) is 11.8 Å². The van der Waals surface area contributed by atoms with Crippen molar-refractivity contribution >= 4 is 44.9 Å².